The summed E-state index contributed by atoms with van der Waals surface area (Å²) >= 11 is 0. The number of nitrogens with zero attached hydrogens (tertiary/aromatic N) is 2. The van der Waals surface area contributed by atoms with Crippen molar-refractivity contribution in [1.82, 2.24) is 4.90 Å². The van der Waals surface area contributed by atoms with E-state index in [1.54, 1.807) is 19.9 Å². The SMILES string of the molecule is CCN(CC(=O)O)C(=O)C(C)c1cccc([N+](=O)[O-])c1. The standard InChI is InChI=1S/C13H16N2O5/c1-3-14(8-12(16)17)13(18)9(2)10-5-4-6-11(7-10)15(19)20/h4-7,9H,3,8H2,1-2H3,(H,16,17). The topological polar surface area (TPSA) is 101 Å². The number of carbonyl (C=O) groups is 2. The highest BCUT2D eigenvalue weighted by Crippen LogP contribution is 2.22. The maximum absolute atomic E-state index is 12.2. The highest BCUT2D eigenvalue weighted by Gasteiger charge is 2.23. The van der Waals surface area contributed by atoms with Gasteiger partial charge in [0.2, 0.25) is 5.91 Å². The number of carbonyl (C=O) groups excluding carboxylic acids is 1. The van der Waals surface area contributed by atoms with Crippen LogP contribution in [0, 0.1) is 10.1 Å². The number of hydrogen-bond donors (Lipinski definition) is 1. The minimum Gasteiger partial charge on any atom is -0.480 e. The number of likely N-dealkylation sites (N-methyl/N-ethyl adjacent to an activating group) is 1. The van der Waals surface area contributed by atoms with Gasteiger partial charge in [0.25, 0.3) is 5.69 Å². The fourth-order valence-corrected chi connectivity index (χ4v) is 1.83. The summed E-state index contributed by atoms with van der Waals surface area (Å²) < 4.78 is 0. The zero-order valence-corrected chi connectivity index (χ0v) is 11.3. The van der Waals surface area contributed by atoms with E-state index < -0.39 is 16.8 Å². The highest BCUT2D eigenvalue weighted by molar-refractivity contribution is 5.86. The van der Waals surface area contributed by atoms with Crippen molar-refractivity contribution in [2.75, 3.05) is 13.1 Å². The number of hydrogen-bond acceptors (Lipinski definition) is 4. The minimum atomic E-state index is -1.09. The number of carboxylic acids is 1. The minimum absolute atomic E-state index is 0.0940. The van der Waals surface area contributed by atoms with E-state index >= 15 is 0 Å². The second-order valence-corrected chi connectivity index (χ2v) is 4.32. The first-order valence-electron chi connectivity index (χ1n) is 6.11. The molecule has 1 atom stereocenters. The average Bonchev–Trinajstić information content (AvgIpc) is 2.43. The van der Waals surface area contributed by atoms with Gasteiger partial charge >= 0.3 is 5.97 Å². The van der Waals surface area contributed by atoms with Crippen LogP contribution < -0.4 is 0 Å². The fraction of sp³-hybridized carbons (Fsp3) is 0.385. The van der Waals surface area contributed by atoms with Crippen LogP contribution in [0.5, 0.6) is 0 Å². The Morgan fingerprint density at radius 2 is 2.10 bits per heavy atom. The lowest BCUT2D eigenvalue weighted by Gasteiger charge is -2.22. The van der Waals surface area contributed by atoms with Crippen molar-refractivity contribution >= 4 is 17.6 Å². The summed E-state index contributed by atoms with van der Waals surface area (Å²) in [6.07, 6.45) is 0. The van der Waals surface area contributed by atoms with Crippen molar-refractivity contribution in [2.45, 2.75) is 19.8 Å². The van der Waals surface area contributed by atoms with Gasteiger partial charge in [-0.2, -0.15) is 0 Å². The summed E-state index contributed by atoms with van der Waals surface area (Å²) in [6.45, 7) is 3.17. The van der Waals surface area contributed by atoms with E-state index in [0.717, 1.165) is 0 Å². The molecule has 0 aromatic heterocycles. The third kappa shape index (κ3) is 3.78. The maximum atomic E-state index is 12.2. The average molecular weight is 280 g/mol. The molecule has 20 heavy (non-hydrogen) atoms. The molecule has 1 aromatic carbocycles. The lowest BCUT2D eigenvalue weighted by molar-refractivity contribution is -0.384. The van der Waals surface area contributed by atoms with Crippen LogP contribution >= 0.6 is 0 Å². The summed E-state index contributed by atoms with van der Waals surface area (Å²) in [5.74, 6) is -2.09. The molecule has 7 nitrogen and oxygen atoms in total. The lowest BCUT2D eigenvalue weighted by atomic mass is 9.99. The molecule has 1 amide bonds. The molecule has 0 bridgehead atoms. The van der Waals surface area contributed by atoms with E-state index in [4.69, 9.17) is 5.11 Å². The third-order valence-electron chi connectivity index (χ3n) is 2.97. The van der Waals surface area contributed by atoms with E-state index in [2.05, 4.69) is 0 Å². The third-order valence-corrected chi connectivity index (χ3v) is 2.97. The Bertz CT molecular complexity index is 529. The zero-order chi connectivity index (χ0) is 15.3. The van der Waals surface area contributed by atoms with Crippen LogP contribution in [0.1, 0.15) is 25.3 Å². The quantitative estimate of drug-likeness (QED) is 0.630. The number of benzene rings is 1. The Hall–Kier alpha value is -2.44. The first kappa shape index (κ1) is 15.6. The Labute approximate surface area is 116 Å². The van der Waals surface area contributed by atoms with E-state index in [1.165, 1.54) is 23.1 Å². The first-order chi connectivity index (χ1) is 9.36. The molecule has 0 saturated carbocycles. The van der Waals surface area contributed by atoms with Gasteiger partial charge in [0.05, 0.1) is 10.8 Å². The zero-order valence-electron chi connectivity index (χ0n) is 11.3. The van der Waals surface area contributed by atoms with Gasteiger partial charge in [-0.15, -0.1) is 0 Å². The number of carboxylic acid groups (broad SMARTS) is 1. The molecule has 0 radical (unpaired) electrons. The van der Waals surface area contributed by atoms with Crippen molar-refractivity contribution in [1.29, 1.82) is 0 Å². The van der Waals surface area contributed by atoms with Crippen LogP contribution in [0.25, 0.3) is 0 Å². The largest absolute Gasteiger partial charge is 0.480 e. The fourth-order valence-electron chi connectivity index (χ4n) is 1.83. The first-order valence-corrected chi connectivity index (χ1v) is 6.11. The van der Waals surface area contributed by atoms with Crippen LogP contribution in [0.15, 0.2) is 24.3 Å². The summed E-state index contributed by atoms with van der Waals surface area (Å²) in [5.41, 5.74) is 0.400. The molecule has 0 heterocycles. The number of aliphatic carboxylic acids is 1. The molecule has 1 N–H and O–H groups in total. The van der Waals surface area contributed by atoms with E-state index in [9.17, 15) is 19.7 Å². The summed E-state index contributed by atoms with van der Waals surface area (Å²) in [5, 5.41) is 19.5. The molecule has 0 fully saturated rings. The summed E-state index contributed by atoms with van der Waals surface area (Å²) in [4.78, 5) is 34.3. The summed E-state index contributed by atoms with van der Waals surface area (Å²) in [6, 6.07) is 5.79. The van der Waals surface area contributed by atoms with Gasteiger partial charge in [-0.25, -0.2) is 0 Å². The second kappa shape index (κ2) is 6.65. The van der Waals surface area contributed by atoms with Crippen LogP contribution in [0.2, 0.25) is 0 Å². The molecular weight excluding hydrogens is 264 g/mol. The molecule has 1 aromatic rings. The van der Waals surface area contributed by atoms with Gasteiger partial charge in [-0.05, 0) is 19.4 Å². The molecule has 0 aliphatic rings. The number of nitro groups is 1. The second-order valence-electron chi connectivity index (χ2n) is 4.32. The molecular formula is C13H16N2O5. The molecule has 0 aliphatic carbocycles. The molecule has 1 unspecified atom stereocenters. The predicted octanol–water partition coefficient (Wildman–Crippen LogP) is 1.63. The Balaban J connectivity index is 2.95. The number of non-ortho nitro benzene ring substituents is 1. The van der Waals surface area contributed by atoms with E-state index in [0.29, 0.717) is 5.56 Å². The van der Waals surface area contributed by atoms with Gasteiger partial charge in [0.15, 0.2) is 0 Å². The molecule has 1 rings (SSSR count). The maximum Gasteiger partial charge on any atom is 0.323 e. The predicted molar refractivity (Wildman–Crippen MR) is 71.4 cm³/mol. The molecule has 0 saturated heterocycles. The monoisotopic (exact) mass is 280 g/mol. The van der Waals surface area contributed by atoms with Gasteiger partial charge in [-0.1, -0.05) is 12.1 Å². The van der Waals surface area contributed by atoms with Crippen LogP contribution in [-0.2, 0) is 9.59 Å². The Morgan fingerprint density at radius 1 is 1.45 bits per heavy atom. The number of rotatable bonds is 6. The van der Waals surface area contributed by atoms with Gasteiger partial charge in [0, 0.05) is 18.7 Å². The van der Waals surface area contributed by atoms with E-state index in [-0.39, 0.29) is 24.7 Å². The van der Waals surface area contributed by atoms with E-state index in [1.807, 2.05) is 0 Å². The van der Waals surface area contributed by atoms with Gasteiger partial charge in [-0.3, -0.25) is 19.7 Å². The number of amides is 1. The van der Waals surface area contributed by atoms with Gasteiger partial charge in [0.1, 0.15) is 6.54 Å². The van der Waals surface area contributed by atoms with Crippen molar-refractivity contribution in [2.24, 2.45) is 0 Å². The Morgan fingerprint density at radius 3 is 2.60 bits per heavy atom. The van der Waals surface area contributed by atoms with Crippen LogP contribution in [-0.4, -0.2) is 39.9 Å². The number of nitro benzene ring substituents is 1. The normalized spacial score (nSPS) is 11.7. The van der Waals surface area contributed by atoms with Crippen molar-refractivity contribution < 1.29 is 19.6 Å². The summed E-state index contributed by atoms with van der Waals surface area (Å²) in [7, 11) is 0. The van der Waals surface area contributed by atoms with Gasteiger partial charge < -0.3 is 10.0 Å². The molecule has 0 aliphatic heterocycles. The molecule has 0 spiro atoms. The molecule has 7 heteroatoms. The van der Waals surface area contributed by atoms with Crippen molar-refractivity contribution in [3.63, 3.8) is 0 Å². The van der Waals surface area contributed by atoms with Crippen LogP contribution in [0.3, 0.4) is 0 Å². The van der Waals surface area contributed by atoms with Crippen molar-refractivity contribution in [3.05, 3.63) is 39.9 Å². The smallest absolute Gasteiger partial charge is 0.323 e. The highest BCUT2D eigenvalue weighted by atomic mass is 16.6. The van der Waals surface area contributed by atoms with Crippen molar-refractivity contribution in [3.8, 4) is 0 Å². The lowest BCUT2D eigenvalue weighted by Crippen LogP contribution is -2.38. The molecule has 108 valence electrons. The Kier molecular flexibility index (Phi) is 5.19. The van der Waals surface area contributed by atoms with Crippen LogP contribution in [0.4, 0.5) is 5.69 Å².